The molecule has 0 atom stereocenters. The molecule has 5 nitrogen and oxygen atoms in total. The van der Waals surface area contributed by atoms with Crippen LogP contribution in [0.3, 0.4) is 0 Å². The monoisotopic (exact) mass is 501 g/mol. The Hall–Kier alpha value is -2.73. The third-order valence-corrected chi connectivity index (χ3v) is 6.46. The first-order chi connectivity index (χ1) is 15.8. The molecule has 1 aliphatic heterocycles. The van der Waals surface area contributed by atoms with Crippen molar-refractivity contribution in [2.75, 3.05) is 23.3 Å². The smallest absolute Gasteiger partial charge is 0.320 e. The molecule has 0 aromatic heterocycles. The minimum absolute atomic E-state index is 0.127. The number of nitrogens with one attached hydrogen (secondary N) is 1. The maximum absolute atomic E-state index is 13.4. The highest BCUT2D eigenvalue weighted by atomic mass is 35.5. The summed E-state index contributed by atoms with van der Waals surface area (Å²) in [6.45, 7) is 3.55. The summed E-state index contributed by atoms with van der Waals surface area (Å²) >= 11 is 18.1. The molecule has 3 amide bonds. The Kier molecular flexibility index (Phi) is 7.13. The molecule has 0 aliphatic carbocycles. The fourth-order valence-corrected chi connectivity index (χ4v) is 4.24. The van der Waals surface area contributed by atoms with Crippen molar-refractivity contribution >= 4 is 58.1 Å². The fourth-order valence-electron chi connectivity index (χ4n) is 3.79. The second-order valence-electron chi connectivity index (χ2n) is 7.94. The van der Waals surface area contributed by atoms with Gasteiger partial charge in [0.15, 0.2) is 0 Å². The van der Waals surface area contributed by atoms with E-state index in [1.807, 2.05) is 31.2 Å². The largest absolute Gasteiger partial charge is 0.324 e. The van der Waals surface area contributed by atoms with Crippen LogP contribution in [0.2, 0.25) is 15.1 Å². The van der Waals surface area contributed by atoms with Crippen LogP contribution in [0.25, 0.3) is 0 Å². The average molecular weight is 503 g/mol. The number of aryl methyl sites for hydroxylation is 1. The normalized spacial score (nSPS) is 13.9. The maximum atomic E-state index is 13.4. The molecule has 170 valence electrons. The molecule has 1 aliphatic rings. The number of anilines is 2. The quantitative estimate of drug-likeness (QED) is 0.407. The van der Waals surface area contributed by atoms with Gasteiger partial charge in [-0.25, -0.2) is 4.79 Å². The molecule has 0 saturated carbocycles. The SMILES string of the molecule is Cc1ccc(N2CCCN(Cc3ccc(Cl)c(Cl)c3)C2=O)c(NC(=O)c2ccc(Cl)cc2)c1. The van der Waals surface area contributed by atoms with Gasteiger partial charge in [-0.15, -0.1) is 0 Å². The van der Waals surface area contributed by atoms with Crippen LogP contribution < -0.4 is 10.2 Å². The van der Waals surface area contributed by atoms with Gasteiger partial charge in [-0.2, -0.15) is 0 Å². The van der Waals surface area contributed by atoms with Crippen LogP contribution in [0.1, 0.15) is 27.9 Å². The van der Waals surface area contributed by atoms with Crippen LogP contribution >= 0.6 is 34.8 Å². The third kappa shape index (κ3) is 5.44. The van der Waals surface area contributed by atoms with Crippen molar-refractivity contribution in [3.05, 3.63) is 92.4 Å². The van der Waals surface area contributed by atoms with E-state index in [2.05, 4.69) is 5.32 Å². The lowest BCUT2D eigenvalue weighted by Gasteiger charge is -2.36. The Morgan fingerprint density at radius 2 is 1.70 bits per heavy atom. The minimum atomic E-state index is -0.268. The van der Waals surface area contributed by atoms with Crippen molar-refractivity contribution in [2.24, 2.45) is 0 Å². The van der Waals surface area contributed by atoms with Crippen LogP contribution in [0.15, 0.2) is 60.7 Å². The average Bonchev–Trinajstić information content (AvgIpc) is 2.79. The second-order valence-corrected chi connectivity index (χ2v) is 9.19. The highest BCUT2D eigenvalue weighted by Crippen LogP contribution is 2.31. The molecular formula is C25H22Cl3N3O2. The summed E-state index contributed by atoms with van der Waals surface area (Å²) in [6.07, 6.45) is 0.797. The molecule has 8 heteroatoms. The van der Waals surface area contributed by atoms with Crippen molar-refractivity contribution in [3.63, 3.8) is 0 Å². The number of hydrogen-bond donors (Lipinski definition) is 1. The zero-order valence-corrected chi connectivity index (χ0v) is 20.2. The van der Waals surface area contributed by atoms with Crippen LogP contribution in [0.4, 0.5) is 16.2 Å². The van der Waals surface area contributed by atoms with E-state index < -0.39 is 0 Å². The first-order valence-corrected chi connectivity index (χ1v) is 11.6. The summed E-state index contributed by atoms with van der Waals surface area (Å²) in [7, 11) is 0. The number of rotatable bonds is 5. The van der Waals surface area contributed by atoms with Crippen molar-refractivity contribution in [1.29, 1.82) is 0 Å². The van der Waals surface area contributed by atoms with E-state index >= 15 is 0 Å². The summed E-state index contributed by atoms with van der Waals surface area (Å²) in [5.41, 5.74) is 3.60. The number of carbonyl (C=O) groups is 2. The summed E-state index contributed by atoms with van der Waals surface area (Å²) in [5.74, 6) is -0.268. The zero-order valence-electron chi connectivity index (χ0n) is 17.9. The van der Waals surface area contributed by atoms with Crippen molar-refractivity contribution in [2.45, 2.75) is 19.9 Å². The van der Waals surface area contributed by atoms with Crippen LogP contribution in [0, 0.1) is 6.92 Å². The number of benzene rings is 3. The molecule has 0 radical (unpaired) electrons. The molecule has 3 aromatic rings. The van der Waals surface area contributed by atoms with E-state index in [0.29, 0.717) is 51.6 Å². The van der Waals surface area contributed by atoms with Crippen molar-refractivity contribution in [1.82, 2.24) is 4.90 Å². The number of amides is 3. The maximum Gasteiger partial charge on any atom is 0.324 e. The summed E-state index contributed by atoms with van der Waals surface area (Å²) in [4.78, 5) is 29.7. The van der Waals surface area contributed by atoms with E-state index in [4.69, 9.17) is 34.8 Å². The number of halogens is 3. The Balaban J connectivity index is 1.57. The summed E-state index contributed by atoms with van der Waals surface area (Å²) in [5, 5.41) is 4.45. The minimum Gasteiger partial charge on any atom is -0.320 e. The predicted octanol–water partition coefficient (Wildman–Crippen LogP) is 7.04. The highest BCUT2D eigenvalue weighted by molar-refractivity contribution is 6.42. The standard InChI is InChI=1S/C25H22Cl3N3O2/c1-16-3-10-23(22(13-16)29-24(32)18-5-7-19(26)8-6-18)31-12-2-11-30(25(31)33)15-17-4-9-20(27)21(28)14-17/h3-10,13-14H,2,11-12,15H2,1H3,(H,29,32). The molecule has 0 unspecified atom stereocenters. The van der Waals surface area contributed by atoms with Crippen molar-refractivity contribution < 1.29 is 9.59 Å². The molecular weight excluding hydrogens is 481 g/mol. The van der Waals surface area contributed by atoms with E-state index in [1.165, 1.54) is 0 Å². The molecule has 1 heterocycles. The number of hydrogen-bond acceptors (Lipinski definition) is 2. The highest BCUT2D eigenvalue weighted by Gasteiger charge is 2.29. The van der Waals surface area contributed by atoms with E-state index in [1.54, 1.807) is 46.2 Å². The lowest BCUT2D eigenvalue weighted by molar-refractivity contribution is 0.102. The lowest BCUT2D eigenvalue weighted by Crippen LogP contribution is -2.49. The summed E-state index contributed by atoms with van der Waals surface area (Å²) < 4.78 is 0. The Labute approximate surface area is 207 Å². The number of carbonyl (C=O) groups excluding carboxylic acids is 2. The van der Waals surface area contributed by atoms with Crippen LogP contribution in [-0.4, -0.2) is 29.9 Å². The molecule has 0 bridgehead atoms. The first kappa shape index (κ1) is 23.4. The second kappa shape index (κ2) is 10.0. The van der Waals surface area contributed by atoms with Crippen molar-refractivity contribution in [3.8, 4) is 0 Å². The lowest BCUT2D eigenvalue weighted by atomic mass is 10.1. The zero-order chi connectivity index (χ0) is 23.5. The Bertz CT molecular complexity index is 1200. The van der Waals surface area contributed by atoms with Gasteiger partial charge in [-0.3, -0.25) is 9.69 Å². The Morgan fingerprint density at radius 3 is 2.42 bits per heavy atom. The molecule has 1 fully saturated rings. The van der Waals surface area contributed by atoms with Gasteiger partial charge in [-0.1, -0.05) is 46.9 Å². The van der Waals surface area contributed by atoms with Gasteiger partial charge in [0.1, 0.15) is 0 Å². The Morgan fingerprint density at radius 1 is 0.939 bits per heavy atom. The predicted molar refractivity (Wildman–Crippen MR) is 135 cm³/mol. The van der Waals surface area contributed by atoms with Gasteiger partial charge < -0.3 is 10.2 Å². The van der Waals surface area contributed by atoms with Crippen LogP contribution in [0.5, 0.6) is 0 Å². The van der Waals surface area contributed by atoms with Gasteiger partial charge in [0, 0.05) is 30.2 Å². The number of nitrogens with zero attached hydrogens (tertiary/aromatic N) is 2. The first-order valence-electron chi connectivity index (χ1n) is 10.5. The van der Waals surface area contributed by atoms with Gasteiger partial charge in [0.05, 0.1) is 21.4 Å². The molecule has 3 aromatic carbocycles. The van der Waals surface area contributed by atoms with E-state index in [0.717, 1.165) is 17.5 Å². The van der Waals surface area contributed by atoms with E-state index in [-0.39, 0.29) is 11.9 Å². The van der Waals surface area contributed by atoms with Gasteiger partial charge in [0.2, 0.25) is 0 Å². The van der Waals surface area contributed by atoms with Gasteiger partial charge in [0.25, 0.3) is 5.91 Å². The molecule has 33 heavy (non-hydrogen) atoms. The molecule has 0 spiro atoms. The van der Waals surface area contributed by atoms with Crippen LogP contribution in [-0.2, 0) is 6.54 Å². The van der Waals surface area contributed by atoms with E-state index in [9.17, 15) is 9.59 Å². The molecule has 4 rings (SSSR count). The fraction of sp³-hybridized carbons (Fsp3) is 0.200. The topological polar surface area (TPSA) is 52.6 Å². The molecule has 1 saturated heterocycles. The molecule has 1 N–H and O–H groups in total. The third-order valence-electron chi connectivity index (χ3n) is 5.47. The van der Waals surface area contributed by atoms with Gasteiger partial charge >= 0.3 is 6.03 Å². The summed E-state index contributed by atoms with van der Waals surface area (Å²) in [6, 6.07) is 17.6. The van der Waals surface area contributed by atoms with Gasteiger partial charge in [-0.05, 0) is 73.0 Å². The number of urea groups is 1.